The van der Waals surface area contributed by atoms with Crippen molar-refractivity contribution >= 4 is 34.4 Å². The zero-order valence-corrected chi connectivity index (χ0v) is 31.7. The summed E-state index contributed by atoms with van der Waals surface area (Å²) in [5.74, 6) is 0. The molecule has 8 aromatic rings. The molecule has 8 aromatic carbocycles. The molecule has 1 N–H and O–H groups in total. The fraction of sp³-hybridized carbons (Fsp3) is 0.0741. The molecule has 10 rings (SSSR count). The summed E-state index contributed by atoms with van der Waals surface area (Å²) in [6.45, 7) is 4.72. The van der Waals surface area contributed by atoms with E-state index in [1.165, 1.54) is 66.8 Å². The van der Waals surface area contributed by atoms with Gasteiger partial charge in [0.2, 0.25) is 0 Å². The molecule has 0 spiro atoms. The topological polar surface area (TPSA) is 15.3 Å². The zero-order chi connectivity index (χ0) is 37.6. The molecule has 1 aliphatic heterocycles. The molecule has 1 atom stereocenters. The lowest BCUT2D eigenvalue weighted by atomic mass is 9.80. The highest BCUT2D eigenvalue weighted by molar-refractivity contribution is 5.94. The number of hydrogen-bond donors (Lipinski definition) is 1. The van der Waals surface area contributed by atoms with Crippen LogP contribution < -0.4 is 10.2 Å². The van der Waals surface area contributed by atoms with Gasteiger partial charge in [0.25, 0.3) is 0 Å². The second-order valence-electron chi connectivity index (χ2n) is 15.4. The molecule has 0 saturated carbocycles. The van der Waals surface area contributed by atoms with Gasteiger partial charge in [-0.05, 0) is 121 Å². The summed E-state index contributed by atoms with van der Waals surface area (Å²) in [7, 11) is 0. The molecule has 0 amide bonds. The lowest BCUT2D eigenvalue weighted by Gasteiger charge is -2.31. The van der Waals surface area contributed by atoms with E-state index in [9.17, 15) is 0 Å². The van der Waals surface area contributed by atoms with E-state index in [1.54, 1.807) is 0 Å². The second kappa shape index (κ2) is 13.7. The highest BCUT2D eigenvalue weighted by Crippen LogP contribution is 2.50. The van der Waals surface area contributed by atoms with Gasteiger partial charge >= 0.3 is 0 Å². The molecule has 2 aliphatic rings. The minimum absolute atomic E-state index is 0.0207. The smallest absolute Gasteiger partial charge is 0.0773 e. The van der Waals surface area contributed by atoms with Crippen LogP contribution in [-0.2, 0) is 5.41 Å². The van der Waals surface area contributed by atoms with Gasteiger partial charge < -0.3 is 10.2 Å². The lowest BCUT2D eigenvalue weighted by molar-refractivity contribution is 0.660. The SMILES string of the molecule is CC1(C)c2ccccc2-c2ccc(C3=Cc4ccccc4NC3c3ccc(N(c4ccc(-c5ccccc5)cc4)c4ccc(-c5ccccc5)cc4)cc3)cc21. The average molecular weight is 719 g/mol. The van der Waals surface area contributed by atoms with Crippen LogP contribution in [0.15, 0.2) is 200 Å². The normalized spacial score (nSPS) is 14.8. The standard InChI is InChI=1S/C54H42N2/c1-54(2)50-19-11-10-18-47(50)48-34-27-42(36-51(48)54)49-35-43-17-9-12-20-52(43)55-53(49)41-25-32-46(33-26-41)56(44-28-21-39(22-29-44)37-13-5-3-6-14-37)45-30-23-40(24-31-45)38-15-7-4-8-16-38/h3-36,53,55H,1-2H3. The van der Waals surface area contributed by atoms with Gasteiger partial charge in [-0.1, -0.05) is 166 Å². The predicted octanol–water partition coefficient (Wildman–Crippen LogP) is 14.5. The maximum Gasteiger partial charge on any atom is 0.0773 e. The van der Waals surface area contributed by atoms with Gasteiger partial charge in [-0.15, -0.1) is 0 Å². The molecule has 2 nitrogen and oxygen atoms in total. The summed E-state index contributed by atoms with van der Waals surface area (Å²) in [6.07, 6.45) is 2.39. The highest BCUT2D eigenvalue weighted by Gasteiger charge is 2.36. The van der Waals surface area contributed by atoms with E-state index in [2.05, 4.69) is 230 Å². The summed E-state index contributed by atoms with van der Waals surface area (Å²) in [5.41, 5.74) is 19.7. The lowest BCUT2D eigenvalue weighted by Crippen LogP contribution is -2.18. The Morgan fingerprint density at radius 2 is 0.911 bits per heavy atom. The maximum atomic E-state index is 3.94. The van der Waals surface area contributed by atoms with Gasteiger partial charge in [0.15, 0.2) is 0 Å². The molecule has 1 unspecified atom stereocenters. The monoisotopic (exact) mass is 718 g/mol. The number of nitrogens with zero attached hydrogens (tertiary/aromatic N) is 1. The first kappa shape index (κ1) is 33.7. The van der Waals surface area contributed by atoms with Crippen LogP contribution in [0, 0.1) is 0 Å². The van der Waals surface area contributed by atoms with Crippen molar-refractivity contribution in [3.05, 3.63) is 228 Å². The van der Waals surface area contributed by atoms with Crippen molar-refractivity contribution in [1.29, 1.82) is 0 Å². The molecule has 0 saturated heterocycles. The number of anilines is 4. The number of fused-ring (bicyclic) bond motifs is 4. The van der Waals surface area contributed by atoms with Gasteiger partial charge in [0.05, 0.1) is 6.04 Å². The van der Waals surface area contributed by atoms with Crippen molar-refractivity contribution in [3.63, 3.8) is 0 Å². The average Bonchev–Trinajstić information content (AvgIpc) is 3.50. The summed E-state index contributed by atoms with van der Waals surface area (Å²) < 4.78 is 0. The molecule has 0 fully saturated rings. The molecule has 1 heterocycles. The number of benzene rings is 8. The minimum Gasteiger partial charge on any atom is -0.374 e. The highest BCUT2D eigenvalue weighted by atomic mass is 15.1. The van der Waals surface area contributed by atoms with Crippen LogP contribution >= 0.6 is 0 Å². The molecule has 0 aromatic heterocycles. The van der Waals surface area contributed by atoms with E-state index in [0.29, 0.717) is 0 Å². The van der Waals surface area contributed by atoms with E-state index < -0.39 is 0 Å². The Morgan fingerprint density at radius 1 is 0.429 bits per heavy atom. The molecule has 56 heavy (non-hydrogen) atoms. The molecule has 268 valence electrons. The quantitative estimate of drug-likeness (QED) is 0.176. The van der Waals surface area contributed by atoms with Crippen molar-refractivity contribution in [3.8, 4) is 33.4 Å². The van der Waals surface area contributed by atoms with E-state index >= 15 is 0 Å². The number of hydrogen-bond acceptors (Lipinski definition) is 2. The van der Waals surface area contributed by atoms with Crippen molar-refractivity contribution in [1.82, 2.24) is 0 Å². The molecular weight excluding hydrogens is 677 g/mol. The van der Waals surface area contributed by atoms with Crippen molar-refractivity contribution in [2.24, 2.45) is 0 Å². The largest absolute Gasteiger partial charge is 0.374 e. The maximum absolute atomic E-state index is 3.94. The van der Waals surface area contributed by atoms with Gasteiger partial charge in [-0.2, -0.15) is 0 Å². The van der Waals surface area contributed by atoms with Crippen LogP contribution in [0.1, 0.15) is 47.7 Å². The van der Waals surface area contributed by atoms with E-state index in [1.807, 2.05) is 0 Å². The van der Waals surface area contributed by atoms with E-state index in [-0.39, 0.29) is 11.5 Å². The van der Waals surface area contributed by atoms with Crippen molar-refractivity contribution < 1.29 is 0 Å². The minimum atomic E-state index is -0.0678. The van der Waals surface area contributed by atoms with Crippen molar-refractivity contribution in [2.45, 2.75) is 25.3 Å². The first-order valence-electron chi connectivity index (χ1n) is 19.5. The third-order valence-electron chi connectivity index (χ3n) is 11.7. The van der Waals surface area contributed by atoms with Gasteiger partial charge in [-0.25, -0.2) is 0 Å². The first-order valence-corrected chi connectivity index (χ1v) is 19.5. The number of nitrogens with one attached hydrogen (secondary N) is 1. The Kier molecular flexibility index (Phi) is 8.26. The molecule has 1 aliphatic carbocycles. The van der Waals surface area contributed by atoms with Crippen LogP contribution in [0.3, 0.4) is 0 Å². The van der Waals surface area contributed by atoms with Crippen LogP contribution in [0.2, 0.25) is 0 Å². The van der Waals surface area contributed by atoms with E-state index in [0.717, 1.165) is 22.7 Å². The molecular formula is C54H42N2. The van der Waals surface area contributed by atoms with Crippen LogP contribution in [0.25, 0.3) is 45.0 Å². The Bertz CT molecular complexity index is 2620. The Morgan fingerprint density at radius 3 is 1.54 bits per heavy atom. The van der Waals surface area contributed by atoms with Gasteiger partial charge in [0, 0.05) is 28.2 Å². The van der Waals surface area contributed by atoms with Gasteiger partial charge in [0.1, 0.15) is 0 Å². The van der Waals surface area contributed by atoms with Crippen molar-refractivity contribution in [2.75, 3.05) is 10.2 Å². The summed E-state index contributed by atoms with van der Waals surface area (Å²) in [6, 6.07) is 72.7. The Hall–Kier alpha value is -6.90. The summed E-state index contributed by atoms with van der Waals surface area (Å²) >= 11 is 0. The summed E-state index contributed by atoms with van der Waals surface area (Å²) in [5, 5.41) is 3.94. The molecule has 0 bridgehead atoms. The van der Waals surface area contributed by atoms with E-state index in [4.69, 9.17) is 0 Å². The molecule has 2 heteroatoms. The third kappa shape index (κ3) is 5.91. The number of para-hydroxylation sites is 1. The fourth-order valence-electron chi connectivity index (χ4n) is 8.77. The van der Waals surface area contributed by atoms with Crippen LogP contribution in [-0.4, -0.2) is 0 Å². The third-order valence-corrected chi connectivity index (χ3v) is 11.7. The predicted molar refractivity (Wildman–Crippen MR) is 237 cm³/mol. The van der Waals surface area contributed by atoms with Crippen LogP contribution in [0.4, 0.5) is 22.7 Å². The number of rotatable bonds is 7. The fourth-order valence-corrected chi connectivity index (χ4v) is 8.77. The Balaban J connectivity index is 1.03. The first-order chi connectivity index (χ1) is 27.5. The Labute approximate surface area is 330 Å². The van der Waals surface area contributed by atoms with Crippen LogP contribution in [0.5, 0.6) is 0 Å². The molecule has 0 radical (unpaired) electrons. The zero-order valence-electron chi connectivity index (χ0n) is 31.7. The van der Waals surface area contributed by atoms with Gasteiger partial charge in [-0.3, -0.25) is 0 Å². The summed E-state index contributed by atoms with van der Waals surface area (Å²) in [4.78, 5) is 2.36. The second-order valence-corrected chi connectivity index (χ2v) is 15.4.